The predicted octanol–water partition coefficient (Wildman–Crippen LogP) is -2.99. The molecule has 0 aromatic carbocycles. The first-order chi connectivity index (χ1) is 15.0. The molecule has 0 saturated carbocycles. The molecule has 0 radical (unpaired) electrons. The van der Waals surface area contributed by atoms with Gasteiger partial charge in [-0.05, 0) is 32.1 Å². The summed E-state index contributed by atoms with van der Waals surface area (Å²) in [5, 5.41) is 11.7. The van der Waals surface area contributed by atoms with E-state index < -0.39 is 59.7 Å². The second-order valence-electron chi connectivity index (χ2n) is 8.06. The standard InChI is InChI=1S/C19H30N6O7/c20-10(9-15(22)27)17(29)25-8-2-4-13(25)18(30)24-7-1-3-12(24)16(28)23-11(19(31)32)5-6-14(21)26/h10-13H,1-9,20H2,(H2,21,26)(H2,22,27)(H,23,28)(H,31,32). The van der Waals surface area contributed by atoms with E-state index in [0.717, 1.165) is 0 Å². The van der Waals surface area contributed by atoms with Gasteiger partial charge in [-0.2, -0.15) is 0 Å². The van der Waals surface area contributed by atoms with E-state index in [4.69, 9.17) is 17.2 Å². The monoisotopic (exact) mass is 454 g/mol. The summed E-state index contributed by atoms with van der Waals surface area (Å²) in [6.07, 6.45) is 1.09. The Hall–Kier alpha value is -3.22. The molecule has 0 aromatic heterocycles. The summed E-state index contributed by atoms with van der Waals surface area (Å²) in [5.41, 5.74) is 15.9. The summed E-state index contributed by atoms with van der Waals surface area (Å²) in [5.74, 6) is -4.36. The smallest absolute Gasteiger partial charge is 0.326 e. The maximum Gasteiger partial charge on any atom is 0.326 e. The largest absolute Gasteiger partial charge is 0.480 e. The van der Waals surface area contributed by atoms with Crippen molar-refractivity contribution in [3.8, 4) is 0 Å². The Morgan fingerprint density at radius 1 is 0.938 bits per heavy atom. The van der Waals surface area contributed by atoms with Crippen LogP contribution in [0.3, 0.4) is 0 Å². The molecule has 2 rings (SSSR count). The van der Waals surface area contributed by atoms with Crippen molar-refractivity contribution in [2.45, 2.75) is 69.1 Å². The van der Waals surface area contributed by atoms with Crippen LogP contribution in [0.2, 0.25) is 0 Å². The first-order valence-electron chi connectivity index (χ1n) is 10.5. The third-order valence-electron chi connectivity index (χ3n) is 5.69. The Bertz CT molecular complexity index is 788. The zero-order chi connectivity index (χ0) is 24.0. The lowest BCUT2D eigenvalue weighted by Gasteiger charge is -2.32. The highest BCUT2D eigenvalue weighted by atomic mass is 16.4. The molecule has 2 heterocycles. The first kappa shape index (κ1) is 25.0. The molecule has 0 aromatic rings. The summed E-state index contributed by atoms with van der Waals surface area (Å²) < 4.78 is 0. The zero-order valence-corrected chi connectivity index (χ0v) is 17.7. The highest BCUT2D eigenvalue weighted by Gasteiger charge is 2.43. The first-order valence-corrected chi connectivity index (χ1v) is 10.5. The van der Waals surface area contributed by atoms with E-state index in [-0.39, 0.29) is 25.8 Å². The van der Waals surface area contributed by atoms with Crippen molar-refractivity contribution in [2.75, 3.05) is 13.1 Å². The van der Waals surface area contributed by atoms with Gasteiger partial charge in [-0.15, -0.1) is 0 Å². The van der Waals surface area contributed by atoms with Crippen LogP contribution in [0.4, 0.5) is 0 Å². The molecule has 2 aliphatic heterocycles. The number of hydrogen-bond acceptors (Lipinski definition) is 7. The van der Waals surface area contributed by atoms with Gasteiger partial charge in [0.1, 0.15) is 18.1 Å². The Labute approximate surface area is 184 Å². The van der Waals surface area contributed by atoms with Crippen LogP contribution < -0.4 is 22.5 Å². The molecule has 8 N–H and O–H groups in total. The zero-order valence-electron chi connectivity index (χ0n) is 17.7. The van der Waals surface area contributed by atoms with Crippen LogP contribution in [0.15, 0.2) is 0 Å². The fourth-order valence-electron chi connectivity index (χ4n) is 4.11. The molecule has 2 aliphatic rings. The van der Waals surface area contributed by atoms with E-state index in [1.54, 1.807) is 0 Å². The number of likely N-dealkylation sites (tertiary alicyclic amines) is 2. The van der Waals surface area contributed by atoms with Gasteiger partial charge in [0, 0.05) is 19.5 Å². The number of carbonyl (C=O) groups is 6. The Kier molecular flexibility index (Phi) is 8.52. The molecule has 0 aliphatic carbocycles. The molecule has 2 fully saturated rings. The van der Waals surface area contributed by atoms with E-state index in [2.05, 4.69) is 5.32 Å². The van der Waals surface area contributed by atoms with Gasteiger partial charge >= 0.3 is 5.97 Å². The third kappa shape index (κ3) is 6.15. The van der Waals surface area contributed by atoms with Crippen molar-refractivity contribution < 1.29 is 33.9 Å². The number of aliphatic carboxylic acids is 1. The summed E-state index contributed by atoms with van der Waals surface area (Å²) in [6.45, 7) is 0.572. The number of carboxylic acids is 1. The van der Waals surface area contributed by atoms with E-state index in [1.165, 1.54) is 9.80 Å². The van der Waals surface area contributed by atoms with Crippen LogP contribution in [0.25, 0.3) is 0 Å². The third-order valence-corrected chi connectivity index (χ3v) is 5.69. The fourth-order valence-corrected chi connectivity index (χ4v) is 4.11. The van der Waals surface area contributed by atoms with E-state index >= 15 is 0 Å². The van der Waals surface area contributed by atoms with E-state index in [0.29, 0.717) is 32.2 Å². The van der Waals surface area contributed by atoms with Gasteiger partial charge in [0.05, 0.1) is 12.5 Å². The molecular weight excluding hydrogens is 424 g/mol. The van der Waals surface area contributed by atoms with Gasteiger partial charge in [-0.25, -0.2) is 4.79 Å². The van der Waals surface area contributed by atoms with Crippen molar-refractivity contribution in [3.05, 3.63) is 0 Å². The Balaban J connectivity index is 2.07. The molecule has 2 saturated heterocycles. The normalized spacial score (nSPS) is 22.3. The maximum atomic E-state index is 13.2. The fraction of sp³-hybridized carbons (Fsp3) is 0.684. The van der Waals surface area contributed by atoms with Crippen LogP contribution in [0.5, 0.6) is 0 Å². The lowest BCUT2D eigenvalue weighted by Crippen LogP contribution is -2.56. The number of amides is 5. The number of nitrogens with zero attached hydrogens (tertiary/aromatic N) is 2. The molecule has 5 amide bonds. The number of nitrogens with two attached hydrogens (primary N) is 3. The van der Waals surface area contributed by atoms with Crippen LogP contribution in [0, 0.1) is 0 Å². The number of primary amides is 2. The number of carbonyl (C=O) groups excluding carboxylic acids is 5. The van der Waals surface area contributed by atoms with Crippen molar-refractivity contribution in [2.24, 2.45) is 17.2 Å². The predicted molar refractivity (Wildman–Crippen MR) is 109 cm³/mol. The number of rotatable bonds is 10. The summed E-state index contributed by atoms with van der Waals surface area (Å²) in [4.78, 5) is 74.6. The van der Waals surface area contributed by atoms with Crippen molar-refractivity contribution in [1.82, 2.24) is 15.1 Å². The SMILES string of the molecule is NC(=O)CCC(NC(=O)C1CCCN1C(=O)C1CCCN1C(=O)C(N)CC(N)=O)C(=O)O. The highest BCUT2D eigenvalue weighted by Crippen LogP contribution is 2.25. The minimum Gasteiger partial charge on any atom is -0.480 e. The van der Waals surface area contributed by atoms with Gasteiger partial charge in [-0.1, -0.05) is 0 Å². The van der Waals surface area contributed by atoms with Crippen LogP contribution in [-0.4, -0.2) is 87.7 Å². The highest BCUT2D eigenvalue weighted by molar-refractivity contribution is 5.95. The molecule has 4 unspecified atom stereocenters. The summed E-state index contributed by atoms with van der Waals surface area (Å²) in [6, 6.07) is -4.18. The average molecular weight is 454 g/mol. The molecule has 0 bridgehead atoms. The lowest BCUT2D eigenvalue weighted by molar-refractivity contribution is -0.148. The van der Waals surface area contributed by atoms with E-state index in [1.807, 2.05) is 0 Å². The summed E-state index contributed by atoms with van der Waals surface area (Å²) in [7, 11) is 0. The second kappa shape index (κ2) is 10.9. The Morgan fingerprint density at radius 2 is 1.53 bits per heavy atom. The van der Waals surface area contributed by atoms with Gasteiger partial charge in [0.2, 0.25) is 29.5 Å². The maximum absolute atomic E-state index is 13.2. The number of carboxylic acid groups (broad SMARTS) is 1. The lowest BCUT2D eigenvalue weighted by atomic mass is 10.1. The van der Waals surface area contributed by atoms with Crippen LogP contribution in [0.1, 0.15) is 44.9 Å². The minimum absolute atomic E-state index is 0.167. The molecule has 4 atom stereocenters. The molecule has 178 valence electrons. The summed E-state index contributed by atoms with van der Waals surface area (Å²) >= 11 is 0. The van der Waals surface area contributed by atoms with Crippen LogP contribution >= 0.6 is 0 Å². The molecule has 0 spiro atoms. The minimum atomic E-state index is -1.32. The van der Waals surface area contributed by atoms with Gasteiger partial charge in [0.25, 0.3) is 0 Å². The topological polar surface area (TPSA) is 219 Å². The average Bonchev–Trinajstić information content (AvgIpc) is 3.38. The second-order valence-corrected chi connectivity index (χ2v) is 8.06. The van der Waals surface area contributed by atoms with Crippen molar-refractivity contribution >= 4 is 35.5 Å². The van der Waals surface area contributed by atoms with Crippen molar-refractivity contribution in [1.29, 1.82) is 0 Å². The molecule has 13 nitrogen and oxygen atoms in total. The molecule has 13 heteroatoms. The Morgan fingerprint density at radius 3 is 2.09 bits per heavy atom. The molecule has 32 heavy (non-hydrogen) atoms. The van der Waals surface area contributed by atoms with E-state index in [9.17, 15) is 33.9 Å². The van der Waals surface area contributed by atoms with Crippen LogP contribution in [-0.2, 0) is 28.8 Å². The number of hydrogen-bond donors (Lipinski definition) is 5. The van der Waals surface area contributed by atoms with Gasteiger partial charge < -0.3 is 37.4 Å². The molecular formula is C19H30N6O7. The van der Waals surface area contributed by atoms with Crippen molar-refractivity contribution in [3.63, 3.8) is 0 Å². The quantitative estimate of drug-likeness (QED) is 0.228. The van der Waals surface area contributed by atoms with Gasteiger partial charge in [0.15, 0.2) is 0 Å². The number of nitrogens with one attached hydrogen (secondary N) is 1. The van der Waals surface area contributed by atoms with Gasteiger partial charge in [-0.3, -0.25) is 24.0 Å².